The van der Waals surface area contributed by atoms with E-state index in [2.05, 4.69) is 15.3 Å². The Kier molecular flexibility index (Phi) is 2.84. The average Bonchev–Trinajstić information content (AvgIpc) is 2.72. The zero-order valence-electron chi connectivity index (χ0n) is 10.1. The van der Waals surface area contributed by atoms with Crippen LogP contribution >= 0.6 is 0 Å². The molecule has 0 atom stereocenters. The summed E-state index contributed by atoms with van der Waals surface area (Å²) in [6.45, 7) is 2.63. The number of nitrogens with one attached hydrogen (secondary N) is 2. The standard InChI is InChI=1S/C10H15N5O2/c1-4-15-9(16)7-8(14(3)10(15)17)13-6(12-7)5-11-2/h11H,4-5H2,1-3H3,(H,12,13). The van der Waals surface area contributed by atoms with E-state index in [4.69, 9.17) is 0 Å². The lowest BCUT2D eigenvalue weighted by atomic mass is 10.5. The highest BCUT2D eigenvalue weighted by Gasteiger charge is 2.13. The largest absolute Gasteiger partial charge is 0.335 e. The molecule has 2 heterocycles. The molecule has 0 radical (unpaired) electrons. The maximum Gasteiger partial charge on any atom is 0.332 e. The average molecular weight is 237 g/mol. The molecule has 0 aliphatic carbocycles. The van der Waals surface area contributed by atoms with Gasteiger partial charge in [0.15, 0.2) is 5.65 Å². The van der Waals surface area contributed by atoms with Gasteiger partial charge in [0, 0.05) is 13.6 Å². The third-order valence-electron chi connectivity index (χ3n) is 2.69. The zero-order chi connectivity index (χ0) is 12.6. The van der Waals surface area contributed by atoms with Crippen LogP contribution in [0.1, 0.15) is 12.7 Å². The number of H-pyrrole nitrogens is 1. The molecule has 0 saturated carbocycles. The highest BCUT2D eigenvalue weighted by molar-refractivity contribution is 5.69. The van der Waals surface area contributed by atoms with Crippen LogP contribution in [0.4, 0.5) is 0 Å². The molecule has 0 fully saturated rings. The molecular weight excluding hydrogens is 222 g/mol. The zero-order valence-corrected chi connectivity index (χ0v) is 10.1. The number of nitrogens with zero attached hydrogens (tertiary/aromatic N) is 3. The first-order chi connectivity index (χ1) is 8.10. The van der Waals surface area contributed by atoms with Gasteiger partial charge in [0.25, 0.3) is 5.56 Å². The second-order valence-electron chi connectivity index (χ2n) is 3.80. The summed E-state index contributed by atoms with van der Waals surface area (Å²) in [5, 5.41) is 2.94. The number of aromatic amines is 1. The molecule has 17 heavy (non-hydrogen) atoms. The van der Waals surface area contributed by atoms with Crippen LogP contribution in [0.3, 0.4) is 0 Å². The maximum absolute atomic E-state index is 12.0. The first-order valence-electron chi connectivity index (χ1n) is 5.43. The monoisotopic (exact) mass is 237 g/mol. The van der Waals surface area contributed by atoms with Crippen LogP contribution in [-0.2, 0) is 20.1 Å². The Labute approximate surface area is 97.1 Å². The Hall–Kier alpha value is -1.89. The molecule has 0 amide bonds. The van der Waals surface area contributed by atoms with Crippen LogP contribution in [0.15, 0.2) is 9.59 Å². The number of aryl methyl sites for hydroxylation is 1. The lowest BCUT2D eigenvalue weighted by Gasteiger charge is -2.03. The van der Waals surface area contributed by atoms with Crippen LogP contribution in [0.5, 0.6) is 0 Å². The Morgan fingerprint density at radius 3 is 2.71 bits per heavy atom. The van der Waals surface area contributed by atoms with E-state index in [1.54, 1.807) is 21.0 Å². The number of hydrogen-bond acceptors (Lipinski definition) is 4. The van der Waals surface area contributed by atoms with Gasteiger partial charge in [-0.25, -0.2) is 9.78 Å². The number of rotatable bonds is 3. The second kappa shape index (κ2) is 4.17. The van der Waals surface area contributed by atoms with E-state index in [-0.39, 0.29) is 11.2 Å². The van der Waals surface area contributed by atoms with E-state index in [0.717, 1.165) is 0 Å². The van der Waals surface area contributed by atoms with Crippen molar-refractivity contribution < 1.29 is 0 Å². The summed E-state index contributed by atoms with van der Waals surface area (Å²) in [6.07, 6.45) is 0. The minimum absolute atomic E-state index is 0.319. The third-order valence-corrected chi connectivity index (χ3v) is 2.69. The summed E-state index contributed by atoms with van der Waals surface area (Å²) in [5.74, 6) is 0.642. The van der Waals surface area contributed by atoms with E-state index in [1.807, 2.05) is 0 Å². The molecule has 7 heteroatoms. The predicted molar refractivity (Wildman–Crippen MR) is 64.0 cm³/mol. The van der Waals surface area contributed by atoms with Crippen molar-refractivity contribution in [3.63, 3.8) is 0 Å². The van der Waals surface area contributed by atoms with E-state index < -0.39 is 0 Å². The molecule has 7 nitrogen and oxygen atoms in total. The minimum atomic E-state index is -0.340. The summed E-state index contributed by atoms with van der Waals surface area (Å²) in [5.41, 5.74) is 0.113. The quantitative estimate of drug-likeness (QED) is 0.729. The second-order valence-corrected chi connectivity index (χ2v) is 3.80. The fraction of sp³-hybridized carbons (Fsp3) is 0.500. The third kappa shape index (κ3) is 1.68. The van der Waals surface area contributed by atoms with Gasteiger partial charge in [-0.3, -0.25) is 13.9 Å². The van der Waals surface area contributed by atoms with Crippen LogP contribution in [0.25, 0.3) is 11.2 Å². The number of aromatic nitrogens is 4. The van der Waals surface area contributed by atoms with Crippen LogP contribution in [0, 0.1) is 0 Å². The van der Waals surface area contributed by atoms with E-state index in [0.29, 0.717) is 30.1 Å². The minimum Gasteiger partial charge on any atom is -0.335 e. The molecule has 2 aromatic rings. The molecule has 2 aromatic heterocycles. The van der Waals surface area contributed by atoms with Crippen LogP contribution in [0.2, 0.25) is 0 Å². The summed E-state index contributed by atoms with van der Waals surface area (Å²) in [6, 6.07) is 0. The Bertz CT molecular complexity index is 664. The van der Waals surface area contributed by atoms with Crippen molar-refractivity contribution in [2.45, 2.75) is 20.0 Å². The van der Waals surface area contributed by atoms with Gasteiger partial charge in [-0.05, 0) is 14.0 Å². The summed E-state index contributed by atoms with van der Waals surface area (Å²) in [7, 11) is 3.40. The molecule has 0 aliphatic rings. The SMILES string of the molecule is CCn1c(=O)c2[nH]c(CNC)nc2n(C)c1=O. The smallest absolute Gasteiger partial charge is 0.332 e. The molecular formula is C10H15N5O2. The Morgan fingerprint density at radius 2 is 2.12 bits per heavy atom. The lowest BCUT2D eigenvalue weighted by molar-refractivity contribution is 0.637. The molecule has 0 bridgehead atoms. The van der Waals surface area contributed by atoms with Gasteiger partial charge in [-0.1, -0.05) is 0 Å². The number of hydrogen-bond donors (Lipinski definition) is 2. The lowest BCUT2D eigenvalue weighted by Crippen LogP contribution is -2.38. The van der Waals surface area contributed by atoms with Crippen LogP contribution < -0.4 is 16.6 Å². The molecule has 0 aromatic carbocycles. The van der Waals surface area contributed by atoms with Crippen LogP contribution in [-0.4, -0.2) is 26.1 Å². The first-order valence-corrected chi connectivity index (χ1v) is 5.43. The van der Waals surface area contributed by atoms with E-state index >= 15 is 0 Å². The highest BCUT2D eigenvalue weighted by Crippen LogP contribution is 2.03. The topological polar surface area (TPSA) is 84.7 Å². The van der Waals surface area contributed by atoms with Crippen molar-refractivity contribution in [3.8, 4) is 0 Å². The fourth-order valence-corrected chi connectivity index (χ4v) is 1.83. The van der Waals surface area contributed by atoms with Crippen molar-refractivity contribution >= 4 is 11.2 Å². The van der Waals surface area contributed by atoms with Gasteiger partial charge >= 0.3 is 5.69 Å². The summed E-state index contributed by atoms with van der Waals surface area (Å²) >= 11 is 0. The van der Waals surface area contributed by atoms with Crippen molar-refractivity contribution in [3.05, 3.63) is 26.7 Å². The van der Waals surface area contributed by atoms with Crippen molar-refractivity contribution in [1.82, 2.24) is 24.4 Å². The number of imidazole rings is 1. The highest BCUT2D eigenvalue weighted by atomic mass is 16.2. The van der Waals surface area contributed by atoms with Crippen molar-refractivity contribution in [1.29, 1.82) is 0 Å². The number of fused-ring (bicyclic) bond motifs is 1. The molecule has 0 spiro atoms. The van der Waals surface area contributed by atoms with Crippen molar-refractivity contribution in [2.24, 2.45) is 7.05 Å². The van der Waals surface area contributed by atoms with Crippen molar-refractivity contribution in [2.75, 3.05) is 7.05 Å². The van der Waals surface area contributed by atoms with E-state index in [9.17, 15) is 9.59 Å². The van der Waals surface area contributed by atoms with Gasteiger partial charge in [0.2, 0.25) is 0 Å². The Morgan fingerprint density at radius 1 is 1.41 bits per heavy atom. The van der Waals surface area contributed by atoms with Gasteiger partial charge in [-0.2, -0.15) is 0 Å². The summed E-state index contributed by atoms with van der Waals surface area (Å²) in [4.78, 5) is 31.0. The van der Waals surface area contributed by atoms with Gasteiger partial charge < -0.3 is 10.3 Å². The molecule has 2 rings (SSSR count). The van der Waals surface area contributed by atoms with Gasteiger partial charge in [0.1, 0.15) is 11.3 Å². The van der Waals surface area contributed by atoms with E-state index in [1.165, 1.54) is 9.13 Å². The normalized spacial score (nSPS) is 11.2. The van der Waals surface area contributed by atoms with Gasteiger partial charge in [-0.15, -0.1) is 0 Å². The summed E-state index contributed by atoms with van der Waals surface area (Å²) < 4.78 is 2.57. The Balaban J connectivity index is 2.84. The molecule has 2 N–H and O–H groups in total. The first kappa shape index (κ1) is 11.6. The fourth-order valence-electron chi connectivity index (χ4n) is 1.83. The molecule has 92 valence electrons. The maximum atomic E-state index is 12.0. The predicted octanol–water partition coefficient (Wildman–Crippen LogP) is -0.837. The van der Waals surface area contributed by atoms with Gasteiger partial charge in [0.05, 0.1) is 6.54 Å². The molecule has 0 saturated heterocycles. The molecule has 0 aliphatic heterocycles. The molecule has 0 unspecified atom stereocenters.